The Morgan fingerprint density at radius 2 is 2.07 bits per heavy atom. The van der Waals surface area contributed by atoms with Gasteiger partial charge in [-0.2, -0.15) is 0 Å². The van der Waals surface area contributed by atoms with Crippen molar-refractivity contribution < 1.29 is 4.79 Å². The van der Waals surface area contributed by atoms with Gasteiger partial charge in [0.2, 0.25) is 0 Å². The molecule has 4 nitrogen and oxygen atoms in total. The van der Waals surface area contributed by atoms with Crippen LogP contribution in [0.3, 0.4) is 0 Å². The third-order valence-corrected chi connectivity index (χ3v) is 8.05. The lowest BCUT2D eigenvalue weighted by Gasteiger charge is -2.33. The fraction of sp³-hybridized carbons (Fsp3) is 0.619. The van der Waals surface area contributed by atoms with Crippen molar-refractivity contribution >= 4 is 33.7 Å². The Hall–Kier alpha value is -1.40. The lowest BCUT2D eigenvalue weighted by molar-refractivity contribution is 0.0772. The number of aromatic nitrogens is 1. The number of carbonyl (C=O) groups excluding carboxylic acids is 1. The zero-order valence-corrected chi connectivity index (χ0v) is 18.2. The molecule has 1 saturated heterocycles. The van der Waals surface area contributed by atoms with E-state index in [1.165, 1.54) is 16.9 Å². The number of aryl methyl sites for hydroxylation is 1. The van der Waals surface area contributed by atoms with Crippen molar-refractivity contribution in [3.8, 4) is 0 Å². The highest BCUT2D eigenvalue weighted by Crippen LogP contribution is 2.40. The van der Waals surface area contributed by atoms with Crippen molar-refractivity contribution in [2.24, 2.45) is 11.3 Å². The zero-order chi connectivity index (χ0) is 19.0. The van der Waals surface area contributed by atoms with E-state index in [0.29, 0.717) is 11.3 Å². The minimum absolute atomic E-state index is 0.225. The summed E-state index contributed by atoms with van der Waals surface area (Å²) in [6.07, 6.45) is 6.36. The molecule has 0 spiro atoms. The van der Waals surface area contributed by atoms with Gasteiger partial charge in [0.05, 0.1) is 4.88 Å². The number of anilines is 1. The van der Waals surface area contributed by atoms with Gasteiger partial charge in [0.1, 0.15) is 0 Å². The normalized spacial score (nSPS) is 21.1. The van der Waals surface area contributed by atoms with E-state index in [4.69, 9.17) is 0 Å². The lowest BCUT2D eigenvalue weighted by atomic mass is 9.72. The van der Waals surface area contributed by atoms with Crippen LogP contribution >= 0.6 is 22.7 Å². The zero-order valence-electron chi connectivity index (χ0n) is 16.5. The molecule has 0 radical (unpaired) electrons. The SMILES string of the molecule is CC(C)(C)C1CCc2sc(C(=O)N3CCCN(c4nccs4)CC3)cc2C1. The summed E-state index contributed by atoms with van der Waals surface area (Å²) in [4.78, 5) is 24.3. The third-order valence-electron chi connectivity index (χ3n) is 5.99. The highest BCUT2D eigenvalue weighted by Gasteiger charge is 2.31. The molecule has 0 bridgehead atoms. The predicted octanol–water partition coefficient (Wildman–Crippen LogP) is 4.71. The number of carbonyl (C=O) groups is 1. The minimum Gasteiger partial charge on any atom is -0.346 e. The molecule has 1 aliphatic heterocycles. The second-order valence-corrected chi connectivity index (χ2v) is 10.8. The van der Waals surface area contributed by atoms with Crippen molar-refractivity contribution in [1.82, 2.24) is 9.88 Å². The van der Waals surface area contributed by atoms with Gasteiger partial charge in [0, 0.05) is 42.6 Å². The summed E-state index contributed by atoms with van der Waals surface area (Å²) in [5.74, 6) is 0.940. The van der Waals surface area contributed by atoms with E-state index >= 15 is 0 Å². The number of nitrogens with zero attached hydrogens (tertiary/aromatic N) is 3. The van der Waals surface area contributed by atoms with Crippen molar-refractivity contribution in [2.75, 3.05) is 31.1 Å². The van der Waals surface area contributed by atoms with E-state index in [0.717, 1.165) is 55.5 Å². The second kappa shape index (κ2) is 7.55. The number of rotatable bonds is 2. The van der Waals surface area contributed by atoms with Gasteiger partial charge in [-0.15, -0.1) is 22.7 Å². The fourth-order valence-corrected chi connectivity index (χ4v) is 6.08. The number of thiazole rings is 1. The van der Waals surface area contributed by atoms with E-state index in [-0.39, 0.29) is 5.91 Å². The van der Waals surface area contributed by atoms with Gasteiger partial charge in [-0.25, -0.2) is 4.98 Å². The first-order valence-corrected chi connectivity index (χ1v) is 11.7. The van der Waals surface area contributed by atoms with Crippen LogP contribution in [0.1, 0.15) is 53.7 Å². The van der Waals surface area contributed by atoms with Gasteiger partial charge in [0.25, 0.3) is 5.91 Å². The molecule has 0 aromatic carbocycles. The molecule has 146 valence electrons. The molecule has 6 heteroatoms. The average molecular weight is 404 g/mol. The maximum Gasteiger partial charge on any atom is 0.263 e. The Kier molecular flexibility index (Phi) is 5.30. The Labute approximate surface area is 170 Å². The van der Waals surface area contributed by atoms with Crippen LogP contribution in [0, 0.1) is 11.3 Å². The van der Waals surface area contributed by atoms with Crippen LogP contribution in [0.15, 0.2) is 17.6 Å². The summed E-state index contributed by atoms with van der Waals surface area (Å²) in [5, 5.41) is 3.09. The van der Waals surface area contributed by atoms with Crippen molar-refractivity contribution in [3.05, 3.63) is 33.0 Å². The first-order chi connectivity index (χ1) is 12.9. The van der Waals surface area contributed by atoms with Crippen LogP contribution in [0.5, 0.6) is 0 Å². The number of amides is 1. The summed E-state index contributed by atoms with van der Waals surface area (Å²) in [6, 6.07) is 2.20. The van der Waals surface area contributed by atoms with Crippen LogP contribution in [-0.4, -0.2) is 42.0 Å². The molecule has 1 atom stereocenters. The third kappa shape index (κ3) is 4.06. The fourth-order valence-electron chi connectivity index (χ4n) is 4.21. The maximum absolute atomic E-state index is 13.1. The summed E-state index contributed by atoms with van der Waals surface area (Å²) < 4.78 is 0. The topological polar surface area (TPSA) is 36.4 Å². The van der Waals surface area contributed by atoms with E-state index in [2.05, 4.69) is 36.7 Å². The molecule has 0 saturated carbocycles. The van der Waals surface area contributed by atoms with Gasteiger partial charge in [-0.05, 0) is 48.6 Å². The summed E-state index contributed by atoms with van der Waals surface area (Å²) in [7, 11) is 0. The highest BCUT2D eigenvalue weighted by molar-refractivity contribution is 7.14. The van der Waals surface area contributed by atoms with Crippen LogP contribution < -0.4 is 4.90 Å². The molecular formula is C21H29N3OS2. The predicted molar refractivity (Wildman–Crippen MR) is 114 cm³/mol. The van der Waals surface area contributed by atoms with Crippen LogP contribution in [0.4, 0.5) is 5.13 Å². The Morgan fingerprint density at radius 3 is 2.81 bits per heavy atom. The molecule has 2 aromatic heterocycles. The van der Waals surface area contributed by atoms with Crippen LogP contribution in [0.2, 0.25) is 0 Å². The van der Waals surface area contributed by atoms with Gasteiger partial charge in [0.15, 0.2) is 5.13 Å². The van der Waals surface area contributed by atoms with Crippen LogP contribution in [0.25, 0.3) is 0 Å². The average Bonchev–Trinajstić information content (AvgIpc) is 3.24. The molecule has 3 heterocycles. The molecule has 1 fully saturated rings. The second-order valence-electron chi connectivity index (χ2n) is 8.81. The first-order valence-electron chi connectivity index (χ1n) is 9.97. The first kappa shape index (κ1) is 18.9. The van der Waals surface area contributed by atoms with Gasteiger partial charge >= 0.3 is 0 Å². The maximum atomic E-state index is 13.1. The molecule has 2 aromatic rings. The number of hydrogen-bond donors (Lipinski definition) is 0. The van der Waals surface area contributed by atoms with E-state index < -0.39 is 0 Å². The smallest absolute Gasteiger partial charge is 0.263 e. The lowest BCUT2D eigenvalue weighted by Crippen LogP contribution is -2.34. The molecule has 27 heavy (non-hydrogen) atoms. The van der Waals surface area contributed by atoms with Crippen molar-refractivity contribution in [1.29, 1.82) is 0 Å². The highest BCUT2D eigenvalue weighted by atomic mass is 32.1. The van der Waals surface area contributed by atoms with E-state index in [1.54, 1.807) is 22.7 Å². The number of thiophene rings is 1. The quantitative estimate of drug-likeness (QED) is 0.729. The Morgan fingerprint density at radius 1 is 1.22 bits per heavy atom. The monoisotopic (exact) mass is 403 g/mol. The molecule has 1 aliphatic carbocycles. The van der Waals surface area contributed by atoms with Crippen LogP contribution in [-0.2, 0) is 12.8 Å². The molecule has 1 unspecified atom stereocenters. The Bertz CT molecular complexity index is 791. The summed E-state index contributed by atoms with van der Waals surface area (Å²) in [5.41, 5.74) is 1.77. The largest absolute Gasteiger partial charge is 0.346 e. The minimum atomic E-state index is 0.225. The molecule has 1 amide bonds. The number of fused-ring (bicyclic) bond motifs is 1. The standard InChI is InChI=1S/C21H29N3OS2/c1-21(2,3)16-5-6-17-15(13-16)14-18(27-17)19(25)23-8-4-9-24(11-10-23)20-22-7-12-26-20/h7,12,14,16H,4-6,8-11,13H2,1-3H3. The molecule has 0 N–H and O–H groups in total. The van der Waals surface area contributed by atoms with Gasteiger partial charge in [-0.3, -0.25) is 4.79 Å². The van der Waals surface area contributed by atoms with Crippen molar-refractivity contribution in [3.63, 3.8) is 0 Å². The van der Waals surface area contributed by atoms with Gasteiger partial charge in [-0.1, -0.05) is 20.8 Å². The van der Waals surface area contributed by atoms with E-state index in [9.17, 15) is 4.79 Å². The number of hydrogen-bond acceptors (Lipinski definition) is 5. The van der Waals surface area contributed by atoms with Crippen molar-refractivity contribution in [2.45, 2.75) is 46.5 Å². The Balaban J connectivity index is 1.44. The van der Waals surface area contributed by atoms with E-state index in [1.807, 2.05) is 16.5 Å². The molecule has 4 rings (SSSR count). The molecule has 2 aliphatic rings. The summed E-state index contributed by atoms with van der Waals surface area (Å²) in [6.45, 7) is 10.5. The van der Waals surface area contributed by atoms with Gasteiger partial charge < -0.3 is 9.80 Å². The summed E-state index contributed by atoms with van der Waals surface area (Å²) >= 11 is 3.42. The molecular weight excluding hydrogens is 374 g/mol.